The highest BCUT2D eigenvalue weighted by Crippen LogP contribution is 2.49. The summed E-state index contributed by atoms with van der Waals surface area (Å²) in [5.41, 5.74) is -1.85. The summed E-state index contributed by atoms with van der Waals surface area (Å²) in [6, 6.07) is 1.56. The van der Waals surface area contributed by atoms with Crippen LogP contribution in [0.1, 0.15) is 121 Å². The number of nitrogens with zero attached hydrogens (tertiary/aromatic N) is 3. The van der Waals surface area contributed by atoms with Gasteiger partial charge in [-0.05, 0) is 19.4 Å². The quantitative estimate of drug-likeness (QED) is 0.0663. The second kappa shape index (κ2) is 21.4. The zero-order valence-electron chi connectivity index (χ0n) is 30.8. The average Bonchev–Trinajstić information content (AvgIpc) is 3.65. The first kappa shape index (κ1) is 43.0. The van der Waals surface area contributed by atoms with Gasteiger partial charge < -0.3 is 35.0 Å². The van der Waals surface area contributed by atoms with Crippen molar-refractivity contribution in [2.24, 2.45) is 0 Å². The fourth-order valence-corrected chi connectivity index (χ4v) is 7.61. The van der Waals surface area contributed by atoms with Crippen LogP contribution in [-0.4, -0.2) is 89.6 Å². The van der Waals surface area contributed by atoms with Crippen molar-refractivity contribution in [1.29, 1.82) is 0 Å². The lowest BCUT2D eigenvalue weighted by Gasteiger charge is -2.21. The number of aliphatic hydroxyl groups excluding tert-OH is 3. The van der Waals surface area contributed by atoms with Gasteiger partial charge in [-0.25, -0.2) is 14.2 Å². The van der Waals surface area contributed by atoms with Crippen molar-refractivity contribution in [2.45, 2.75) is 153 Å². The molecule has 2 aromatic rings. The van der Waals surface area contributed by atoms with Gasteiger partial charge in [0.05, 0.1) is 13.2 Å². The average molecular weight is 772 g/mol. The highest BCUT2D eigenvalue weighted by Gasteiger charge is 2.46. The Balaban J connectivity index is 1.16. The number of rotatable bonds is 24. The van der Waals surface area contributed by atoms with Crippen LogP contribution < -0.4 is 22.3 Å². The van der Waals surface area contributed by atoms with Crippen LogP contribution in [0.2, 0.25) is 0 Å². The van der Waals surface area contributed by atoms with Gasteiger partial charge in [-0.15, -0.1) is 0 Å². The largest absolute Gasteiger partial charge is 0.472 e. The van der Waals surface area contributed by atoms with E-state index < -0.39 is 81.0 Å². The smallest absolute Gasteiger partial charge is 0.394 e. The molecule has 2 aromatic heterocycles. The number of aromatic amines is 1. The van der Waals surface area contributed by atoms with Crippen LogP contribution in [0, 0.1) is 6.92 Å². The molecule has 0 saturated carbocycles. The van der Waals surface area contributed by atoms with Crippen molar-refractivity contribution in [3.63, 3.8) is 0 Å². The van der Waals surface area contributed by atoms with Gasteiger partial charge in [0.2, 0.25) is 0 Å². The number of H-pyrrole nitrogens is 1. The van der Waals surface area contributed by atoms with Crippen molar-refractivity contribution < 1.29 is 43.3 Å². The maximum atomic E-state index is 12.9. The summed E-state index contributed by atoms with van der Waals surface area (Å²) in [6.07, 6.45) is 11.0. The number of aryl methyl sites for hydroxylation is 1. The van der Waals surface area contributed by atoms with E-state index in [1.807, 2.05) is 0 Å². The normalized spacial score (nSPS) is 25.5. The fraction of sp³-hybridized carbons (Fsp3) is 0.771. The lowest BCUT2D eigenvalue weighted by atomic mass is 10.0. The van der Waals surface area contributed by atoms with Crippen molar-refractivity contribution in [3.05, 3.63) is 55.3 Å². The summed E-state index contributed by atoms with van der Waals surface area (Å²) < 4.78 is 36.6. The minimum Gasteiger partial charge on any atom is -0.394 e. The molecule has 0 aromatic carbocycles. The first-order chi connectivity index (χ1) is 25.4. The second-order valence-corrected chi connectivity index (χ2v) is 15.4. The molecule has 6 N–H and O–H groups in total. The van der Waals surface area contributed by atoms with E-state index in [2.05, 4.69) is 22.2 Å². The molecule has 300 valence electrons. The zero-order chi connectivity index (χ0) is 38.4. The number of aromatic nitrogens is 4. The molecule has 0 aliphatic carbocycles. The van der Waals surface area contributed by atoms with Crippen LogP contribution in [-0.2, 0) is 23.1 Å². The summed E-state index contributed by atoms with van der Waals surface area (Å²) in [5.74, 6) is 0.368. The molecule has 2 aliphatic rings. The summed E-state index contributed by atoms with van der Waals surface area (Å²) in [6.45, 7) is 3.06. The number of nitrogens with one attached hydrogen (secondary N) is 2. The Kier molecular flexibility index (Phi) is 17.4. The molecule has 18 heteroatoms. The number of ether oxygens (including phenoxy) is 2. The highest BCUT2D eigenvalue weighted by atomic mass is 31.2. The summed E-state index contributed by atoms with van der Waals surface area (Å²) in [7, 11) is -4.88. The third-order valence-corrected chi connectivity index (χ3v) is 10.8. The van der Waals surface area contributed by atoms with Crippen LogP contribution in [0.3, 0.4) is 0 Å². The fourth-order valence-electron chi connectivity index (χ4n) is 6.65. The third kappa shape index (κ3) is 12.9. The molecule has 0 spiro atoms. The molecule has 53 heavy (non-hydrogen) atoms. The molecule has 2 fully saturated rings. The number of unbranched alkanes of at least 4 members (excludes halogenated alkanes) is 13. The lowest BCUT2D eigenvalue weighted by Crippen LogP contribution is -2.36. The molecule has 0 radical (unpaired) electrons. The van der Waals surface area contributed by atoms with Gasteiger partial charge in [0.15, 0.2) is 6.23 Å². The van der Waals surface area contributed by atoms with E-state index in [0.29, 0.717) is 12.4 Å². The van der Waals surface area contributed by atoms with E-state index >= 15 is 0 Å². The molecule has 0 bridgehead atoms. The van der Waals surface area contributed by atoms with E-state index in [9.17, 15) is 39.2 Å². The van der Waals surface area contributed by atoms with Gasteiger partial charge in [0.25, 0.3) is 5.56 Å². The van der Waals surface area contributed by atoms with Crippen molar-refractivity contribution in [2.75, 3.05) is 25.1 Å². The van der Waals surface area contributed by atoms with Crippen LogP contribution in [0.5, 0.6) is 0 Å². The molecule has 8 atom stereocenters. The van der Waals surface area contributed by atoms with Gasteiger partial charge in [0.1, 0.15) is 42.6 Å². The van der Waals surface area contributed by atoms with Crippen LogP contribution in [0.25, 0.3) is 0 Å². The van der Waals surface area contributed by atoms with Gasteiger partial charge in [0, 0.05) is 30.9 Å². The molecule has 8 unspecified atom stereocenters. The number of aliphatic hydroxyl groups is 3. The van der Waals surface area contributed by atoms with Crippen molar-refractivity contribution in [1.82, 2.24) is 19.1 Å². The summed E-state index contributed by atoms with van der Waals surface area (Å²) >= 11 is 0. The first-order valence-electron chi connectivity index (χ1n) is 19.0. The Morgan fingerprint density at radius 1 is 0.925 bits per heavy atom. The van der Waals surface area contributed by atoms with E-state index in [0.717, 1.165) is 28.4 Å². The van der Waals surface area contributed by atoms with Crippen LogP contribution in [0.4, 0.5) is 5.82 Å². The first-order valence-corrected chi connectivity index (χ1v) is 20.5. The number of phosphoric ester groups is 1. The Morgan fingerprint density at radius 2 is 1.55 bits per heavy atom. The SMILES string of the molecule is CCCCCCCCCCCCCCCCNc1ccn(C2OC(COP(=O)(O)OC3CC(n4cc(C)c(=O)[nH]c4=O)OC3CO)C(O)C2O)c(=O)n1. The van der Waals surface area contributed by atoms with Crippen molar-refractivity contribution in [3.8, 4) is 0 Å². The second-order valence-electron chi connectivity index (χ2n) is 14.0. The molecule has 4 rings (SSSR count). The Bertz CT molecular complexity index is 1640. The van der Waals surface area contributed by atoms with E-state index in [1.54, 1.807) is 6.07 Å². The predicted octanol–water partition coefficient (Wildman–Crippen LogP) is 3.40. The predicted molar refractivity (Wildman–Crippen MR) is 196 cm³/mol. The molecule has 17 nitrogen and oxygen atoms in total. The molecule has 0 amide bonds. The van der Waals surface area contributed by atoms with Gasteiger partial charge in [-0.1, -0.05) is 90.4 Å². The van der Waals surface area contributed by atoms with E-state index in [4.69, 9.17) is 18.5 Å². The van der Waals surface area contributed by atoms with Crippen LogP contribution >= 0.6 is 7.82 Å². The standard InChI is InChI=1S/C35H58N5O12P/c1-3-4-5-6-7-8-9-10-11-12-13-14-15-16-18-36-28-17-19-39(34(45)37-28)33-31(43)30(42)27(51-33)23-49-53(47,48)52-25-20-29(50-26(25)22-41)40-21-24(2)32(44)38-35(40)46/h17,19,21,25-27,29-31,33,41-43H,3-16,18,20,22-23H2,1-2H3,(H,47,48)(H,36,37,45)(H,38,44,46). The zero-order valence-corrected chi connectivity index (χ0v) is 31.7. The number of anilines is 1. The monoisotopic (exact) mass is 771 g/mol. The maximum absolute atomic E-state index is 12.9. The summed E-state index contributed by atoms with van der Waals surface area (Å²) in [4.78, 5) is 53.5. The maximum Gasteiger partial charge on any atom is 0.472 e. The molecule has 2 aliphatic heterocycles. The minimum absolute atomic E-state index is 0.145. The topological polar surface area (TPSA) is 237 Å². The summed E-state index contributed by atoms with van der Waals surface area (Å²) in [5, 5.41) is 34.2. The van der Waals surface area contributed by atoms with E-state index in [1.165, 1.54) is 89.9 Å². The molecular weight excluding hydrogens is 713 g/mol. The lowest BCUT2D eigenvalue weighted by molar-refractivity contribution is -0.0614. The Morgan fingerprint density at radius 3 is 2.15 bits per heavy atom. The number of hydrogen-bond acceptors (Lipinski definition) is 13. The van der Waals surface area contributed by atoms with Gasteiger partial charge in [-0.3, -0.25) is 28.0 Å². The number of phosphoric acid groups is 1. The van der Waals surface area contributed by atoms with Gasteiger partial charge in [-0.2, -0.15) is 4.98 Å². The molecule has 4 heterocycles. The Hall–Kier alpha value is -2.73. The Labute approximate surface area is 309 Å². The third-order valence-electron chi connectivity index (χ3n) is 9.76. The van der Waals surface area contributed by atoms with E-state index in [-0.39, 0.29) is 12.0 Å². The minimum atomic E-state index is -4.88. The van der Waals surface area contributed by atoms with Gasteiger partial charge >= 0.3 is 19.2 Å². The molecule has 2 saturated heterocycles. The van der Waals surface area contributed by atoms with Crippen molar-refractivity contribution >= 4 is 13.6 Å². The van der Waals surface area contributed by atoms with Crippen LogP contribution in [0.15, 0.2) is 32.8 Å². The molecular formula is C35H58N5O12P. The highest BCUT2D eigenvalue weighted by molar-refractivity contribution is 7.47. The number of hydrogen-bond donors (Lipinski definition) is 6.